The molecule has 0 aromatic heterocycles. The monoisotopic (exact) mass is 1180 g/mol. The Labute approximate surface area is 493 Å². The van der Waals surface area contributed by atoms with Crippen molar-refractivity contribution in [3.05, 3.63) is 115 Å². The summed E-state index contributed by atoms with van der Waals surface area (Å²) in [6, 6.07) is 16.8. The Morgan fingerprint density at radius 1 is 0.439 bits per heavy atom. The molecule has 4 aromatic rings. The summed E-state index contributed by atoms with van der Waals surface area (Å²) in [6.45, 7) is 25.0. The molecule has 2 heterocycles. The Hall–Kier alpha value is -4.94. The van der Waals surface area contributed by atoms with Crippen LogP contribution in [0.25, 0.3) is 0 Å². The molecule has 0 radical (unpaired) electrons. The van der Waals surface area contributed by atoms with Crippen molar-refractivity contribution >= 4 is 34.7 Å². The minimum Gasteiger partial charge on any atom is -0.507 e. The standard InChI is InChI=1S/C62H88N4O14S2/c1-59(2,3)39-21-31-17-35-25-41(61(7,8)9)27-37(53(35)77-15-13-63-57(81)65-55-51(75)49(73)47(71)43(29-67)79-55)19-33-23-40(60(4,5)6)24-34(46(33)70)20-38-28-42(62(10,11)12)26-36(18-32(22-39)45(31)69)54(38)78-16-14-64-58(82)66-56-52(76)50(74)48(72)44(30-68)80-56/h21-28,43-44,47-52,55-56,67-76H,13-20,29-30H2,1-12H3,(H2,63,65,81)(H2,64,66,82)/t43-,44-,47-,48-,49+,50+,51-,52-,55-,56-/m1/s1. The second kappa shape index (κ2) is 25.7. The van der Waals surface area contributed by atoms with Gasteiger partial charge < -0.3 is 91.3 Å². The molecule has 8 bridgehead atoms. The lowest BCUT2D eigenvalue weighted by Crippen LogP contribution is -2.64. The van der Waals surface area contributed by atoms with Crippen molar-refractivity contribution in [3.63, 3.8) is 0 Å². The van der Waals surface area contributed by atoms with E-state index in [9.17, 15) is 51.1 Å². The summed E-state index contributed by atoms with van der Waals surface area (Å²) in [7, 11) is 0. The second-order valence-electron chi connectivity index (χ2n) is 26.2. The average molecular weight is 1180 g/mol. The summed E-state index contributed by atoms with van der Waals surface area (Å²) in [6.07, 6.45) is -13.0. The van der Waals surface area contributed by atoms with Crippen LogP contribution in [0.4, 0.5) is 0 Å². The number of thiocarbonyl (C=S) groups is 2. The number of phenolic OH excluding ortho intramolecular Hbond substituents is 2. The van der Waals surface area contributed by atoms with Gasteiger partial charge in [0, 0.05) is 25.7 Å². The molecule has 2 saturated heterocycles. The van der Waals surface area contributed by atoms with Crippen LogP contribution in [0.15, 0.2) is 48.5 Å². The highest BCUT2D eigenvalue weighted by Crippen LogP contribution is 2.44. The molecule has 7 rings (SSSR count). The van der Waals surface area contributed by atoms with Crippen LogP contribution in [0.5, 0.6) is 23.0 Å². The fourth-order valence-corrected chi connectivity index (χ4v) is 10.9. The van der Waals surface area contributed by atoms with Crippen LogP contribution in [0.1, 0.15) is 150 Å². The van der Waals surface area contributed by atoms with Gasteiger partial charge in [-0.25, -0.2) is 0 Å². The van der Waals surface area contributed by atoms with Crippen LogP contribution < -0.4 is 30.7 Å². The average Bonchev–Trinajstić information content (AvgIpc) is 3.60. The summed E-state index contributed by atoms with van der Waals surface area (Å²) in [5.74, 6) is 1.40. The van der Waals surface area contributed by atoms with Crippen molar-refractivity contribution in [2.75, 3.05) is 39.5 Å². The van der Waals surface area contributed by atoms with E-state index in [0.717, 1.165) is 44.5 Å². The molecular weight excluding hydrogens is 1090 g/mol. The number of aliphatic hydroxyl groups excluding tert-OH is 8. The minimum absolute atomic E-state index is 0.0713. The third-order valence-corrected chi connectivity index (χ3v) is 16.1. The Balaban J connectivity index is 1.32. The molecule has 0 saturated carbocycles. The van der Waals surface area contributed by atoms with E-state index in [-0.39, 0.29) is 95.4 Å². The van der Waals surface area contributed by atoms with Crippen LogP contribution >= 0.6 is 24.4 Å². The van der Waals surface area contributed by atoms with Gasteiger partial charge in [-0.2, -0.15) is 0 Å². The van der Waals surface area contributed by atoms with Crippen molar-refractivity contribution in [1.82, 2.24) is 21.3 Å². The first-order chi connectivity index (χ1) is 38.2. The van der Waals surface area contributed by atoms with Gasteiger partial charge in [-0.1, -0.05) is 132 Å². The third kappa shape index (κ3) is 15.1. The number of fused-ring (bicyclic) bond motifs is 8. The fraction of sp³-hybridized carbons (Fsp3) is 0.581. The van der Waals surface area contributed by atoms with Gasteiger partial charge in [-0.3, -0.25) is 0 Å². The highest BCUT2D eigenvalue weighted by atomic mass is 32.1. The van der Waals surface area contributed by atoms with E-state index < -0.39 is 74.5 Å². The maximum absolute atomic E-state index is 12.8. The molecule has 14 N–H and O–H groups in total. The lowest BCUT2D eigenvalue weighted by atomic mass is 9.79. The Morgan fingerprint density at radius 2 is 0.695 bits per heavy atom. The third-order valence-electron chi connectivity index (χ3n) is 15.6. The Bertz CT molecular complexity index is 2640. The predicted molar refractivity (Wildman–Crippen MR) is 321 cm³/mol. The van der Waals surface area contributed by atoms with Gasteiger partial charge in [0.05, 0.1) is 26.3 Å². The molecule has 2 fully saturated rings. The van der Waals surface area contributed by atoms with Gasteiger partial charge in [0.15, 0.2) is 22.7 Å². The number of phenols is 2. The first-order valence-electron chi connectivity index (χ1n) is 28.2. The molecule has 10 atom stereocenters. The number of benzene rings is 4. The molecular formula is C62H88N4O14S2. The van der Waals surface area contributed by atoms with E-state index in [2.05, 4.69) is 153 Å². The van der Waals surface area contributed by atoms with Gasteiger partial charge in [0.25, 0.3) is 0 Å². The fourth-order valence-electron chi connectivity index (χ4n) is 10.5. The maximum Gasteiger partial charge on any atom is 0.168 e. The van der Waals surface area contributed by atoms with Gasteiger partial charge in [-0.15, -0.1) is 0 Å². The summed E-state index contributed by atoms with van der Waals surface area (Å²) in [5, 5.41) is 120. The topological polar surface area (TPSA) is 287 Å². The zero-order valence-corrected chi connectivity index (χ0v) is 51.0. The van der Waals surface area contributed by atoms with E-state index in [1.54, 1.807) is 0 Å². The molecule has 452 valence electrons. The smallest absolute Gasteiger partial charge is 0.168 e. The molecule has 3 aliphatic rings. The summed E-state index contributed by atoms with van der Waals surface area (Å²) in [4.78, 5) is 0. The lowest BCUT2D eigenvalue weighted by Gasteiger charge is -2.40. The largest absolute Gasteiger partial charge is 0.507 e. The Kier molecular flexibility index (Phi) is 20.3. The quantitative estimate of drug-likeness (QED) is 0.0614. The number of nitrogens with one attached hydrogen (secondary N) is 4. The van der Waals surface area contributed by atoms with Crippen molar-refractivity contribution in [1.29, 1.82) is 0 Å². The molecule has 82 heavy (non-hydrogen) atoms. The van der Waals surface area contributed by atoms with E-state index in [1.165, 1.54) is 0 Å². The highest BCUT2D eigenvalue weighted by molar-refractivity contribution is 7.80. The summed E-state index contributed by atoms with van der Waals surface area (Å²) < 4.78 is 25.0. The number of hydrogen-bond acceptors (Lipinski definition) is 16. The number of rotatable bonds is 12. The van der Waals surface area contributed by atoms with Crippen LogP contribution in [-0.4, -0.2) is 162 Å². The molecule has 0 spiro atoms. The van der Waals surface area contributed by atoms with Gasteiger partial charge in [0.1, 0.15) is 85.0 Å². The van der Waals surface area contributed by atoms with Crippen molar-refractivity contribution in [3.8, 4) is 23.0 Å². The van der Waals surface area contributed by atoms with Crippen LogP contribution in [0.2, 0.25) is 0 Å². The van der Waals surface area contributed by atoms with Crippen LogP contribution in [0, 0.1) is 0 Å². The normalized spacial score (nSPS) is 24.3. The van der Waals surface area contributed by atoms with E-state index in [4.69, 9.17) is 43.4 Å². The first kappa shape index (κ1) is 64.6. The van der Waals surface area contributed by atoms with Gasteiger partial charge in [0.2, 0.25) is 0 Å². The molecule has 4 aromatic carbocycles. The highest BCUT2D eigenvalue weighted by Gasteiger charge is 2.45. The van der Waals surface area contributed by atoms with E-state index in [1.807, 2.05) is 0 Å². The zero-order valence-electron chi connectivity index (χ0n) is 49.4. The molecule has 1 aliphatic carbocycles. The van der Waals surface area contributed by atoms with Gasteiger partial charge >= 0.3 is 0 Å². The van der Waals surface area contributed by atoms with Gasteiger partial charge in [-0.05, 0) is 113 Å². The molecule has 18 nitrogen and oxygen atoms in total. The van der Waals surface area contributed by atoms with Crippen molar-refractivity contribution in [2.45, 2.75) is 192 Å². The Morgan fingerprint density at radius 3 is 0.939 bits per heavy atom. The predicted octanol–water partition coefficient (Wildman–Crippen LogP) is 4.25. The number of hydrogen-bond donors (Lipinski definition) is 14. The van der Waals surface area contributed by atoms with Crippen LogP contribution in [-0.2, 0) is 56.8 Å². The number of aliphatic hydroxyl groups is 8. The molecule has 20 heteroatoms. The molecule has 0 amide bonds. The van der Waals surface area contributed by atoms with E-state index >= 15 is 0 Å². The van der Waals surface area contributed by atoms with Crippen molar-refractivity contribution < 1.29 is 70.0 Å². The maximum atomic E-state index is 12.8. The van der Waals surface area contributed by atoms with Crippen LogP contribution in [0.3, 0.4) is 0 Å². The SMILES string of the molecule is CC(C)(C)c1cc2c(O)c(c1)Cc1cc(C(C)(C)C)cc(c1OCCNC(=S)N[C@@H]1O[C@H](CO)[C@@H](O)[C@H](O)[C@H]1O)Cc1cc(C(C)(C)C)cc(c1O)Cc1cc(C(C)(C)C)cc(c1OCCNC(=S)N[C@@H]1O[C@H](CO)[C@@H](O)[C@H](O)[C@H]1O)C2. The lowest BCUT2D eigenvalue weighted by molar-refractivity contribution is -0.232. The molecule has 2 aliphatic heterocycles. The van der Waals surface area contributed by atoms with Crippen molar-refractivity contribution in [2.24, 2.45) is 0 Å². The minimum atomic E-state index is -1.59. The van der Waals surface area contributed by atoms with E-state index in [0.29, 0.717) is 33.8 Å². The zero-order chi connectivity index (χ0) is 60.6. The number of ether oxygens (including phenoxy) is 4. The first-order valence-corrected chi connectivity index (χ1v) is 29.0. The molecule has 0 unspecified atom stereocenters. The summed E-state index contributed by atoms with van der Waals surface area (Å²) >= 11 is 11.1. The second-order valence-corrected chi connectivity index (χ2v) is 27.1. The number of aromatic hydroxyl groups is 2. The summed E-state index contributed by atoms with van der Waals surface area (Å²) in [5.41, 5.74) is 8.65.